The molecule has 7 heteroatoms. The van der Waals surface area contributed by atoms with Crippen LogP contribution in [-0.4, -0.2) is 41.1 Å². The number of fused-ring (bicyclic) bond motifs is 1. The summed E-state index contributed by atoms with van der Waals surface area (Å²) in [4.78, 5) is 38.4. The van der Waals surface area contributed by atoms with Crippen molar-refractivity contribution in [2.24, 2.45) is 11.8 Å². The van der Waals surface area contributed by atoms with E-state index in [2.05, 4.69) is 5.32 Å². The summed E-state index contributed by atoms with van der Waals surface area (Å²) >= 11 is 0. The average molecular weight is 416 g/mol. The minimum atomic E-state index is -0.980. The van der Waals surface area contributed by atoms with Crippen LogP contribution >= 0.6 is 0 Å². The number of ether oxygens (including phenoxy) is 1. The minimum Gasteiger partial charge on any atom is -0.550 e. The first kappa shape index (κ1) is 22.1. The number of benzene rings is 1. The van der Waals surface area contributed by atoms with Crippen LogP contribution in [-0.2, 0) is 27.3 Å². The Bertz CT molecular complexity index is 793. The highest BCUT2D eigenvalue weighted by Gasteiger charge is 2.37. The fourth-order valence-corrected chi connectivity index (χ4v) is 4.23. The standard InChI is InChI=1S/C23H32N2O5/c1-23(2,3)30-22(29)25-14-18-7-5-4-6-17(18)12-19(25)20(26)24-13-15-8-10-16(11-9-15)21(27)28/h4-7,15-16,19H,8-14H2,1-3H3,(H,24,26)(H,27,28)/p-1/t15?,16?,19-/m0/s1. The van der Waals surface area contributed by atoms with E-state index in [1.807, 2.05) is 24.3 Å². The molecule has 1 N–H and O–H groups in total. The van der Waals surface area contributed by atoms with E-state index in [-0.39, 0.29) is 17.7 Å². The predicted molar refractivity (Wildman–Crippen MR) is 109 cm³/mol. The zero-order valence-electron chi connectivity index (χ0n) is 18.0. The van der Waals surface area contributed by atoms with Gasteiger partial charge >= 0.3 is 6.09 Å². The molecule has 0 aromatic heterocycles. The number of hydrogen-bond acceptors (Lipinski definition) is 5. The Labute approximate surface area is 177 Å². The Morgan fingerprint density at radius 2 is 1.73 bits per heavy atom. The smallest absolute Gasteiger partial charge is 0.411 e. The number of rotatable bonds is 4. The lowest BCUT2D eigenvalue weighted by Crippen LogP contribution is -2.54. The molecule has 1 aliphatic carbocycles. The maximum Gasteiger partial charge on any atom is 0.411 e. The number of carboxylic acids is 1. The number of aliphatic carboxylic acids is 1. The van der Waals surface area contributed by atoms with Gasteiger partial charge in [-0.25, -0.2) is 4.79 Å². The second kappa shape index (κ2) is 9.06. The van der Waals surface area contributed by atoms with E-state index in [4.69, 9.17) is 4.74 Å². The van der Waals surface area contributed by atoms with Crippen molar-refractivity contribution in [1.29, 1.82) is 0 Å². The van der Waals surface area contributed by atoms with Crippen LogP contribution in [0.3, 0.4) is 0 Å². The third kappa shape index (κ3) is 5.52. The van der Waals surface area contributed by atoms with Gasteiger partial charge in [-0.15, -0.1) is 0 Å². The van der Waals surface area contributed by atoms with Gasteiger partial charge in [0, 0.05) is 18.9 Å². The normalized spacial score (nSPS) is 24.0. The van der Waals surface area contributed by atoms with E-state index >= 15 is 0 Å². The lowest BCUT2D eigenvalue weighted by Gasteiger charge is -2.37. The minimum absolute atomic E-state index is 0.197. The van der Waals surface area contributed by atoms with Gasteiger partial charge in [-0.3, -0.25) is 9.69 Å². The maximum atomic E-state index is 13.0. The highest BCUT2D eigenvalue weighted by atomic mass is 16.6. The van der Waals surface area contributed by atoms with Crippen molar-refractivity contribution < 1.29 is 24.2 Å². The SMILES string of the molecule is CC(C)(C)OC(=O)N1Cc2ccccc2C[C@H]1C(=O)NCC1CCC(C(=O)[O-])CC1. The van der Waals surface area contributed by atoms with E-state index in [1.54, 1.807) is 20.8 Å². The van der Waals surface area contributed by atoms with E-state index in [1.165, 1.54) is 4.90 Å². The highest BCUT2D eigenvalue weighted by molar-refractivity contribution is 5.86. The molecular weight excluding hydrogens is 384 g/mol. The molecule has 1 aromatic rings. The number of hydrogen-bond donors (Lipinski definition) is 1. The number of nitrogens with one attached hydrogen (secondary N) is 1. The first-order valence-electron chi connectivity index (χ1n) is 10.7. The monoisotopic (exact) mass is 415 g/mol. The van der Waals surface area contributed by atoms with Gasteiger partial charge in [0.1, 0.15) is 11.6 Å². The molecule has 7 nitrogen and oxygen atoms in total. The van der Waals surface area contributed by atoms with Crippen molar-refractivity contribution in [3.8, 4) is 0 Å². The van der Waals surface area contributed by atoms with E-state index in [9.17, 15) is 19.5 Å². The fourth-order valence-electron chi connectivity index (χ4n) is 4.23. The van der Waals surface area contributed by atoms with E-state index in [0.29, 0.717) is 32.4 Å². The summed E-state index contributed by atoms with van der Waals surface area (Å²) < 4.78 is 5.55. The molecule has 0 spiro atoms. The van der Waals surface area contributed by atoms with Crippen LogP contribution in [0.5, 0.6) is 0 Å². The summed E-state index contributed by atoms with van der Waals surface area (Å²) in [5.41, 5.74) is 1.44. The van der Waals surface area contributed by atoms with Crippen molar-refractivity contribution in [3.05, 3.63) is 35.4 Å². The molecule has 1 aliphatic heterocycles. The van der Waals surface area contributed by atoms with Crippen molar-refractivity contribution in [1.82, 2.24) is 10.2 Å². The zero-order valence-corrected chi connectivity index (χ0v) is 18.0. The number of carboxylic acid groups (broad SMARTS) is 1. The van der Waals surface area contributed by atoms with Gasteiger partial charge in [0.2, 0.25) is 5.91 Å². The van der Waals surface area contributed by atoms with Gasteiger partial charge in [0.25, 0.3) is 0 Å². The summed E-state index contributed by atoms with van der Waals surface area (Å²) in [7, 11) is 0. The molecule has 1 heterocycles. The van der Waals surface area contributed by atoms with Gasteiger partial charge in [-0.1, -0.05) is 24.3 Å². The van der Waals surface area contributed by atoms with Crippen LogP contribution in [0.15, 0.2) is 24.3 Å². The van der Waals surface area contributed by atoms with E-state index < -0.39 is 23.7 Å². The van der Waals surface area contributed by atoms with Crippen LogP contribution in [0.2, 0.25) is 0 Å². The molecule has 2 amide bonds. The van der Waals surface area contributed by atoms with Crippen molar-refractivity contribution in [3.63, 3.8) is 0 Å². The van der Waals surface area contributed by atoms with Crippen LogP contribution in [0.25, 0.3) is 0 Å². The third-order valence-electron chi connectivity index (χ3n) is 5.92. The first-order valence-corrected chi connectivity index (χ1v) is 10.7. The fraction of sp³-hybridized carbons (Fsp3) is 0.609. The number of carbonyl (C=O) groups excluding carboxylic acids is 3. The molecule has 0 bridgehead atoms. The molecule has 1 fully saturated rings. The quantitative estimate of drug-likeness (QED) is 0.811. The van der Waals surface area contributed by atoms with Gasteiger partial charge in [-0.2, -0.15) is 0 Å². The Hall–Kier alpha value is -2.57. The molecule has 1 saturated carbocycles. The molecule has 164 valence electrons. The maximum absolute atomic E-state index is 13.0. The second-order valence-electron chi connectivity index (χ2n) is 9.38. The lowest BCUT2D eigenvalue weighted by molar-refractivity contribution is -0.312. The molecule has 0 saturated heterocycles. The first-order chi connectivity index (χ1) is 14.1. The molecular formula is C23H31N2O5-. The summed E-state index contributed by atoms with van der Waals surface area (Å²) in [6.07, 6.45) is 2.63. The topological polar surface area (TPSA) is 98.8 Å². The van der Waals surface area contributed by atoms with Crippen LogP contribution < -0.4 is 10.4 Å². The van der Waals surface area contributed by atoms with Gasteiger partial charge in [-0.05, 0) is 69.4 Å². The zero-order chi connectivity index (χ0) is 21.9. The summed E-state index contributed by atoms with van der Waals surface area (Å²) in [5, 5.41) is 14.0. The molecule has 0 radical (unpaired) electrons. The molecule has 3 rings (SSSR count). The summed E-state index contributed by atoms with van der Waals surface area (Å²) in [6, 6.07) is 7.19. The van der Waals surface area contributed by atoms with Crippen LogP contribution in [0.1, 0.15) is 57.6 Å². The van der Waals surface area contributed by atoms with Crippen LogP contribution in [0, 0.1) is 11.8 Å². The molecule has 0 unspecified atom stereocenters. The highest BCUT2D eigenvalue weighted by Crippen LogP contribution is 2.29. The average Bonchev–Trinajstić information content (AvgIpc) is 2.70. The van der Waals surface area contributed by atoms with Crippen molar-refractivity contribution in [2.75, 3.05) is 6.54 Å². The van der Waals surface area contributed by atoms with Crippen LogP contribution in [0.4, 0.5) is 4.79 Å². The van der Waals surface area contributed by atoms with Gasteiger partial charge in [0.15, 0.2) is 0 Å². The Morgan fingerprint density at radius 1 is 1.10 bits per heavy atom. The largest absolute Gasteiger partial charge is 0.550 e. The van der Waals surface area contributed by atoms with Gasteiger partial charge in [0.05, 0.1) is 6.54 Å². The lowest BCUT2D eigenvalue weighted by atomic mass is 9.82. The van der Waals surface area contributed by atoms with Crippen molar-refractivity contribution in [2.45, 2.75) is 71.1 Å². The molecule has 1 atom stereocenters. The second-order valence-corrected chi connectivity index (χ2v) is 9.38. The van der Waals surface area contributed by atoms with E-state index in [0.717, 1.165) is 24.0 Å². The Balaban J connectivity index is 1.65. The molecule has 30 heavy (non-hydrogen) atoms. The molecule has 1 aromatic carbocycles. The number of nitrogens with zero attached hydrogens (tertiary/aromatic N) is 1. The predicted octanol–water partition coefficient (Wildman–Crippen LogP) is 2.02. The Kier molecular flexibility index (Phi) is 6.68. The number of amides is 2. The Morgan fingerprint density at radius 3 is 2.33 bits per heavy atom. The molecule has 2 aliphatic rings. The van der Waals surface area contributed by atoms with Crippen molar-refractivity contribution >= 4 is 18.0 Å². The number of carbonyl (C=O) groups is 3. The third-order valence-corrected chi connectivity index (χ3v) is 5.92. The summed E-state index contributed by atoms with van der Waals surface area (Å²) in [6.45, 7) is 6.24. The van der Waals surface area contributed by atoms with Gasteiger partial charge < -0.3 is 20.0 Å². The summed E-state index contributed by atoms with van der Waals surface area (Å²) in [5.74, 6) is -1.31.